The van der Waals surface area contributed by atoms with Gasteiger partial charge in [0.25, 0.3) is 0 Å². The molecule has 1 aromatic carbocycles. The van der Waals surface area contributed by atoms with E-state index in [1.807, 2.05) is 36.4 Å². The van der Waals surface area contributed by atoms with Gasteiger partial charge in [-0.15, -0.1) is 0 Å². The lowest BCUT2D eigenvalue weighted by Crippen LogP contribution is -2.33. The number of esters is 1. The van der Waals surface area contributed by atoms with Crippen molar-refractivity contribution in [3.8, 4) is 0 Å². The van der Waals surface area contributed by atoms with Crippen LogP contribution in [0.5, 0.6) is 0 Å². The van der Waals surface area contributed by atoms with Gasteiger partial charge < -0.3 is 4.74 Å². The number of aromatic nitrogens is 1. The van der Waals surface area contributed by atoms with Crippen molar-refractivity contribution < 1.29 is 9.53 Å². The van der Waals surface area contributed by atoms with Gasteiger partial charge in [0.1, 0.15) is 4.88 Å². The highest BCUT2D eigenvalue weighted by atomic mass is 32.1. The number of carbonyl (C=O) groups is 1. The largest absolute Gasteiger partial charge is 0.465 e. The highest BCUT2D eigenvalue weighted by Gasteiger charge is 2.11. The van der Waals surface area contributed by atoms with Crippen molar-refractivity contribution in [1.82, 2.24) is 4.07 Å². The fourth-order valence-corrected chi connectivity index (χ4v) is 2.87. The van der Waals surface area contributed by atoms with E-state index in [4.69, 9.17) is 4.74 Å². The van der Waals surface area contributed by atoms with E-state index >= 15 is 0 Å². The first-order chi connectivity index (χ1) is 12.7. The number of nitrogens with zero attached hydrogens (tertiary/aromatic N) is 3. The van der Waals surface area contributed by atoms with Crippen LogP contribution in [0.3, 0.4) is 0 Å². The van der Waals surface area contributed by atoms with Gasteiger partial charge in [0.2, 0.25) is 10.9 Å². The molecule has 0 fully saturated rings. The maximum atomic E-state index is 12.4. The third kappa shape index (κ3) is 5.63. The van der Waals surface area contributed by atoms with E-state index < -0.39 is 5.97 Å². The molecule has 0 radical (unpaired) electrons. The third-order valence-corrected chi connectivity index (χ3v) is 4.26. The van der Waals surface area contributed by atoms with Crippen LogP contribution < -0.4 is 10.9 Å². The van der Waals surface area contributed by atoms with E-state index in [0.29, 0.717) is 6.54 Å². The second kappa shape index (κ2) is 10.2. The SMILES string of the molecule is CCC/C=C/C=N/n1sc(C(=O)OC)cc(=O)c1=NCc1ccccc1. The minimum absolute atomic E-state index is 0.172. The Bertz CT molecular complexity index is 912. The van der Waals surface area contributed by atoms with Crippen LogP contribution in [0.25, 0.3) is 0 Å². The molecular weight excluding hydrogens is 350 g/mol. The average molecular weight is 371 g/mol. The first kappa shape index (κ1) is 19.5. The molecule has 0 aliphatic heterocycles. The van der Waals surface area contributed by atoms with Gasteiger partial charge in [-0.3, -0.25) is 9.79 Å². The normalized spacial score (nSPS) is 12.2. The predicted molar refractivity (Wildman–Crippen MR) is 104 cm³/mol. The van der Waals surface area contributed by atoms with Crippen LogP contribution in [0.2, 0.25) is 0 Å². The number of benzene rings is 1. The Balaban J connectivity index is 2.44. The average Bonchev–Trinajstić information content (AvgIpc) is 2.67. The van der Waals surface area contributed by atoms with Crippen LogP contribution in [0.4, 0.5) is 0 Å². The molecule has 7 heteroatoms. The van der Waals surface area contributed by atoms with Crippen LogP contribution >= 0.6 is 11.5 Å². The Morgan fingerprint density at radius 2 is 2.08 bits per heavy atom. The molecule has 0 atom stereocenters. The minimum atomic E-state index is -0.577. The summed E-state index contributed by atoms with van der Waals surface area (Å²) in [6, 6.07) is 10.8. The van der Waals surface area contributed by atoms with Crippen molar-refractivity contribution >= 4 is 23.7 Å². The van der Waals surface area contributed by atoms with Gasteiger partial charge in [0.05, 0.1) is 13.7 Å². The summed E-state index contributed by atoms with van der Waals surface area (Å²) in [6.07, 6.45) is 7.35. The van der Waals surface area contributed by atoms with Crippen LogP contribution in [-0.4, -0.2) is 23.4 Å². The number of allylic oxidation sites excluding steroid dienone is 2. The molecule has 0 amide bonds. The van der Waals surface area contributed by atoms with Gasteiger partial charge >= 0.3 is 5.97 Å². The molecule has 0 saturated heterocycles. The topological polar surface area (TPSA) is 73.0 Å². The maximum Gasteiger partial charge on any atom is 0.349 e. The number of ether oxygens (including phenoxy) is 1. The van der Waals surface area contributed by atoms with E-state index in [0.717, 1.165) is 29.9 Å². The summed E-state index contributed by atoms with van der Waals surface area (Å²) in [5, 5.41) is 4.25. The molecule has 0 spiro atoms. The van der Waals surface area contributed by atoms with Gasteiger partial charge in [-0.2, -0.15) is 9.17 Å². The van der Waals surface area contributed by atoms with Gasteiger partial charge in [0.15, 0.2) is 0 Å². The number of hydrogen-bond donors (Lipinski definition) is 0. The zero-order valence-corrected chi connectivity index (χ0v) is 15.6. The van der Waals surface area contributed by atoms with Crippen molar-refractivity contribution in [3.05, 3.63) is 74.7 Å². The zero-order valence-electron chi connectivity index (χ0n) is 14.8. The molecule has 0 N–H and O–H groups in total. The van der Waals surface area contributed by atoms with Crippen molar-refractivity contribution in [2.24, 2.45) is 10.1 Å². The van der Waals surface area contributed by atoms with Crippen LogP contribution in [0, 0.1) is 0 Å². The number of methoxy groups -OCH3 is 1. The molecule has 2 rings (SSSR count). The predicted octanol–water partition coefficient (Wildman–Crippen LogP) is 2.99. The molecule has 26 heavy (non-hydrogen) atoms. The second-order valence-electron chi connectivity index (χ2n) is 5.34. The van der Waals surface area contributed by atoms with Crippen molar-refractivity contribution in [2.75, 3.05) is 7.11 Å². The Morgan fingerprint density at radius 1 is 1.31 bits per heavy atom. The van der Waals surface area contributed by atoms with Crippen LogP contribution in [-0.2, 0) is 11.3 Å². The zero-order chi connectivity index (χ0) is 18.8. The smallest absolute Gasteiger partial charge is 0.349 e. The molecule has 1 heterocycles. The first-order valence-electron chi connectivity index (χ1n) is 8.25. The maximum absolute atomic E-state index is 12.4. The Kier molecular flexibility index (Phi) is 7.70. The molecule has 6 nitrogen and oxygen atoms in total. The quantitative estimate of drug-likeness (QED) is 0.555. The van der Waals surface area contributed by atoms with Gasteiger partial charge in [-0.05, 0) is 29.6 Å². The number of carbonyl (C=O) groups excluding carboxylic acids is 1. The monoisotopic (exact) mass is 371 g/mol. The Labute approximate surface area is 156 Å². The van der Waals surface area contributed by atoms with Crippen LogP contribution in [0.15, 0.2) is 63.4 Å². The summed E-state index contributed by atoms with van der Waals surface area (Å²) in [7, 11) is 1.27. The van der Waals surface area contributed by atoms with Gasteiger partial charge in [-0.25, -0.2) is 4.79 Å². The summed E-state index contributed by atoms with van der Waals surface area (Å²) < 4.78 is 6.05. The number of rotatable bonds is 7. The summed E-state index contributed by atoms with van der Waals surface area (Å²) in [5.41, 5.74) is 0.772. The summed E-state index contributed by atoms with van der Waals surface area (Å²) in [5.74, 6) is -0.577. The van der Waals surface area contributed by atoms with Crippen LogP contribution in [0.1, 0.15) is 35.0 Å². The molecule has 0 unspecified atom stereocenters. The number of hydrogen-bond acceptors (Lipinski definition) is 6. The molecule has 136 valence electrons. The fourth-order valence-electron chi connectivity index (χ4n) is 2.03. The molecule has 0 saturated carbocycles. The molecule has 1 aromatic heterocycles. The lowest BCUT2D eigenvalue weighted by atomic mass is 10.2. The highest BCUT2D eigenvalue weighted by molar-refractivity contribution is 7.08. The Hall–Kier alpha value is -2.80. The number of unbranched alkanes of at least 4 members (excludes halogenated alkanes) is 1. The van der Waals surface area contributed by atoms with Gasteiger partial charge in [0, 0.05) is 12.3 Å². The third-order valence-electron chi connectivity index (χ3n) is 3.34. The lowest BCUT2D eigenvalue weighted by Gasteiger charge is -2.02. The van der Waals surface area contributed by atoms with Crippen molar-refractivity contribution in [1.29, 1.82) is 0 Å². The van der Waals surface area contributed by atoms with E-state index in [1.54, 1.807) is 12.3 Å². The van der Waals surface area contributed by atoms with E-state index in [1.165, 1.54) is 17.2 Å². The first-order valence-corrected chi connectivity index (χ1v) is 9.03. The lowest BCUT2D eigenvalue weighted by molar-refractivity contribution is 0.0605. The Morgan fingerprint density at radius 3 is 2.77 bits per heavy atom. The molecular formula is C19H21N3O3S. The van der Waals surface area contributed by atoms with E-state index in [9.17, 15) is 9.59 Å². The summed E-state index contributed by atoms with van der Waals surface area (Å²) in [4.78, 5) is 28.8. The second-order valence-corrected chi connectivity index (χ2v) is 6.30. The molecule has 0 aliphatic rings. The van der Waals surface area contributed by atoms with Crippen molar-refractivity contribution in [3.63, 3.8) is 0 Å². The summed E-state index contributed by atoms with van der Waals surface area (Å²) in [6.45, 7) is 2.43. The van der Waals surface area contributed by atoms with Gasteiger partial charge in [-0.1, -0.05) is 49.8 Å². The standard InChI is InChI=1S/C19H21N3O3S/c1-3-4-5-9-12-21-22-18(20-14-15-10-7-6-8-11-15)16(23)13-17(26-22)19(24)25-2/h5-13H,3-4,14H2,1-2H3/b9-5+,20-18?,21-12+. The molecule has 0 bridgehead atoms. The summed E-state index contributed by atoms with van der Waals surface area (Å²) >= 11 is 1.01. The minimum Gasteiger partial charge on any atom is -0.465 e. The fraction of sp³-hybridized carbons (Fsp3) is 0.263. The van der Waals surface area contributed by atoms with E-state index in [-0.39, 0.29) is 15.8 Å². The van der Waals surface area contributed by atoms with E-state index in [2.05, 4.69) is 17.0 Å². The molecule has 2 aromatic rings. The highest BCUT2D eigenvalue weighted by Crippen LogP contribution is 2.05. The molecule has 0 aliphatic carbocycles. The van der Waals surface area contributed by atoms with Crippen molar-refractivity contribution in [2.45, 2.75) is 26.3 Å².